The smallest absolute Gasteiger partial charge is 0.131 e. The SMILES string of the molecule is CNC(C)c1ccc2ccccc2c1OCCCCC#N. The minimum absolute atomic E-state index is 0.240. The molecule has 0 heterocycles. The highest BCUT2D eigenvalue weighted by Gasteiger charge is 2.13. The molecule has 0 aromatic heterocycles. The maximum atomic E-state index is 8.57. The molecule has 0 saturated heterocycles. The fourth-order valence-corrected chi connectivity index (χ4v) is 2.40. The fourth-order valence-electron chi connectivity index (χ4n) is 2.40. The first-order valence-corrected chi connectivity index (χ1v) is 7.46. The van der Waals surface area contributed by atoms with Gasteiger partial charge in [-0.1, -0.05) is 36.4 Å². The number of nitrogens with one attached hydrogen (secondary N) is 1. The molecule has 0 saturated carbocycles. The lowest BCUT2D eigenvalue weighted by molar-refractivity contribution is 0.305. The van der Waals surface area contributed by atoms with Gasteiger partial charge in [0.1, 0.15) is 5.75 Å². The van der Waals surface area contributed by atoms with Crippen molar-refractivity contribution in [3.8, 4) is 11.8 Å². The van der Waals surface area contributed by atoms with Gasteiger partial charge < -0.3 is 10.1 Å². The van der Waals surface area contributed by atoms with Gasteiger partial charge in [-0.3, -0.25) is 0 Å². The molecule has 0 bridgehead atoms. The van der Waals surface area contributed by atoms with Gasteiger partial charge in [-0.05, 0) is 32.2 Å². The molecule has 3 heteroatoms. The maximum Gasteiger partial charge on any atom is 0.131 e. The summed E-state index contributed by atoms with van der Waals surface area (Å²) in [5, 5.41) is 14.2. The van der Waals surface area contributed by atoms with E-state index in [1.807, 2.05) is 19.2 Å². The van der Waals surface area contributed by atoms with Gasteiger partial charge in [0.15, 0.2) is 0 Å². The molecule has 0 amide bonds. The maximum absolute atomic E-state index is 8.57. The van der Waals surface area contributed by atoms with Gasteiger partial charge in [0.2, 0.25) is 0 Å². The van der Waals surface area contributed by atoms with Crippen molar-refractivity contribution in [2.24, 2.45) is 0 Å². The van der Waals surface area contributed by atoms with Gasteiger partial charge in [-0.25, -0.2) is 0 Å². The highest BCUT2D eigenvalue weighted by molar-refractivity contribution is 5.89. The first-order chi connectivity index (χ1) is 10.3. The Morgan fingerprint density at radius 3 is 2.76 bits per heavy atom. The summed E-state index contributed by atoms with van der Waals surface area (Å²) in [5.41, 5.74) is 1.18. The Bertz CT molecular complexity index is 631. The Kier molecular flexibility index (Phi) is 5.59. The fraction of sp³-hybridized carbons (Fsp3) is 0.389. The predicted octanol–water partition coefficient (Wildman–Crippen LogP) is 4.19. The Labute approximate surface area is 126 Å². The number of nitriles is 1. The number of hydrogen-bond donors (Lipinski definition) is 1. The van der Waals surface area contributed by atoms with E-state index in [4.69, 9.17) is 10.00 Å². The van der Waals surface area contributed by atoms with Crippen LogP contribution < -0.4 is 10.1 Å². The molecule has 2 aromatic rings. The molecule has 3 nitrogen and oxygen atoms in total. The highest BCUT2D eigenvalue weighted by Crippen LogP contribution is 2.33. The molecule has 1 N–H and O–H groups in total. The van der Waals surface area contributed by atoms with Crippen molar-refractivity contribution in [2.75, 3.05) is 13.7 Å². The molecule has 2 aromatic carbocycles. The van der Waals surface area contributed by atoms with Crippen LogP contribution in [0.3, 0.4) is 0 Å². The first-order valence-electron chi connectivity index (χ1n) is 7.46. The average Bonchev–Trinajstić information content (AvgIpc) is 2.53. The molecule has 0 fully saturated rings. The lowest BCUT2D eigenvalue weighted by atomic mass is 10.0. The van der Waals surface area contributed by atoms with Crippen LogP contribution >= 0.6 is 0 Å². The first kappa shape index (κ1) is 15.3. The van der Waals surface area contributed by atoms with E-state index in [0.29, 0.717) is 13.0 Å². The van der Waals surface area contributed by atoms with Crippen LogP contribution in [-0.4, -0.2) is 13.7 Å². The third-order valence-corrected chi connectivity index (χ3v) is 3.74. The molecule has 0 radical (unpaired) electrons. The Morgan fingerprint density at radius 2 is 2.00 bits per heavy atom. The minimum atomic E-state index is 0.240. The van der Waals surface area contributed by atoms with Crippen LogP contribution in [0.15, 0.2) is 36.4 Å². The zero-order valence-electron chi connectivity index (χ0n) is 12.7. The van der Waals surface area contributed by atoms with E-state index in [1.165, 1.54) is 10.9 Å². The zero-order chi connectivity index (χ0) is 15.1. The van der Waals surface area contributed by atoms with E-state index < -0.39 is 0 Å². The Morgan fingerprint density at radius 1 is 1.19 bits per heavy atom. The predicted molar refractivity (Wildman–Crippen MR) is 86.4 cm³/mol. The lowest BCUT2D eigenvalue weighted by Gasteiger charge is -2.18. The van der Waals surface area contributed by atoms with Crippen molar-refractivity contribution in [1.29, 1.82) is 5.26 Å². The second kappa shape index (κ2) is 7.66. The van der Waals surface area contributed by atoms with Crippen LogP contribution in [0.25, 0.3) is 10.8 Å². The van der Waals surface area contributed by atoms with Crippen LogP contribution in [-0.2, 0) is 0 Å². The molecule has 21 heavy (non-hydrogen) atoms. The summed E-state index contributed by atoms with van der Waals surface area (Å²) >= 11 is 0. The van der Waals surface area contributed by atoms with Crippen molar-refractivity contribution in [3.63, 3.8) is 0 Å². The number of unbranched alkanes of at least 4 members (excludes halogenated alkanes) is 2. The van der Waals surface area contributed by atoms with Crippen LogP contribution in [0, 0.1) is 11.3 Å². The van der Waals surface area contributed by atoms with Crippen molar-refractivity contribution in [3.05, 3.63) is 42.0 Å². The molecular weight excluding hydrogens is 260 g/mol. The van der Waals surface area contributed by atoms with E-state index in [0.717, 1.165) is 24.0 Å². The van der Waals surface area contributed by atoms with E-state index in [-0.39, 0.29) is 6.04 Å². The molecule has 1 atom stereocenters. The average molecular weight is 282 g/mol. The summed E-state index contributed by atoms with van der Waals surface area (Å²) in [6, 6.07) is 15.0. The van der Waals surface area contributed by atoms with Gasteiger partial charge in [0, 0.05) is 23.4 Å². The van der Waals surface area contributed by atoms with Gasteiger partial charge in [-0.2, -0.15) is 5.26 Å². The van der Waals surface area contributed by atoms with Crippen molar-refractivity contribution in [2.45, 2.75) is 32.2 Å². The monoisotopic (exact) mass is 282 g/mol. The topological polar surface area (TPSA) is 45.0 Å². The number of fused-ring (bicyclic) bond motifs is 1. The second-order valence-corrected chi connectivity index (χ2v) is 5.18. The van der Waals surface area contributed by atoms with Gasteiger partial charge in [-0.15, -0.1) is 0 Å². The molecule has 1 unspecified atom stereocenters. The summed E-state index contributed by atoms with van der Waals surface area (Å²) in [7, 11) is 1.95. The molecule has 110 valence electrons. The zero-order valence-corrected chi connectivity index (χ0v) is 12.7. The van der Waals surface area contributed by atoms with Crippen molar-refractivity contribution < 1.29 is 4.74 Å². The minimum Gasteiger partial charge on any atom is -0.493 e. The van der Waals surface area contributed by atoms with Gasteiger partial charge in [0.25, 0.3) is 0 Å². The molecule has 0 aliphatic heterocycles. The van der Waals surface area contributed by atoms with Crippen LogP contribution in [0.4, 0.5) is 0 Å². The standard InChI is InChI=1S/C18H22N2O/c1-14(20-2)16-11-10-15-8-4-5-9-17(15)18(16)21-13-7-3-6-12-19/h4-5,8-11,14,20H,3,6-7,13H2,1-2H3. The van der Waals surface area contributed by atoms with E-state index in [9.17, 15) is 0 Å². The highest BCUT2D eigenvalue weighted by atomic mass is 16.5. The number of ether oxygens (including phenoxy) is 1. The molecule has 0 aliphatic rings. The van der Waals surface area contributed by atoms with Crippen LogP contribution in [0.2, 0.25) is 0 Å². The molecular formula is C18H22N2O. The molecule has 2 rings (SSSR count). The van der Waals surface area contributed by atoms with Gasteiger partial charge >= 0.3 is 0 Å². The summed E-state index contributed by atoms with van der Waals surface area (Å²) in [6.45, 7) is 2.78. The molecule has 0 aliphatic carbocycles. The third kappa shape index (κ3) is 3.74. The van der Waals surface area contributed by atoms with Crippen LogP contribution in [0.5, 0.6) is 5.75 Å². The van der Waals surface area contributed by atoms with E-state index in [2.05, 4.69) is 42.6 Å². The quantitative estimate of drug-likeness (QED) is 0.774. The number of nitrogens with zero attached hydrogens (tertiary/aromatic N) is 1. The van der Waals surface area contributed by atoms with E-state index in [1.54, 1.807) is 0 Å². The number of rotatable bonds is 7. The molecule has 0 spiro atoms. The van der Waals surface area contributed by atoms with E-state index >= 15 is 0 Å². The summed E-state index contributed by atoms with van der Waals surface area (Å²) in [6.07, 6.45) is 2.39. The van der Waals surface area contributed by atoms with Gasteiger partial charge in [0.05, 0.1) is 12.7 Å². The second-order valence-electron chi connectivity index (χ2n) is 5.18. The number of hydrogen-bond acceptors (Lipinski definition) is 3. The Hall–Kier alpha value is -2.05. The van der Waals surface area contributed by atoms with Crippen LogP contribution in [0.1, 0.15) is 37.8 Å². The number of benzene rings is 2. The lowest BCUT2D eigenvalue weighted by Crippen LogP contribution is -2.14. The summed E-state index contributed by atoms with van der Waals surface area (Å²) in [4.78, 5) is 0. The summed E-state index contributed by atoms with van der Waals surface area (Å²) in [5.74, 6) is 0.965. The van der Waals surface area contributed by atoms with Crippen molar-refractivity contribution in [1.82, 2.24) is 5.32 Å². The normalized spacial score (nSPS) is 12.0. The van der Waals surface area contributed by atoms with Crippen molar-refractivity contribution >= 4 is 10.8 Å². The largest absolute Gasteiger partial charge is 0.493 e. The third-order valence-electron chi connectivity index (χ3n) is 3.74. The summed E-state index contributed by atoms with van der Waals surface area (Å²) < 4.78 is 6.07. The Balaban J connectivity index is 2.26.